The van der Waals surface area contributed by atoms with Gasteiger partial charge in [-0.1, -0.05) is 30.0 Å². The molecule has 0 unspecified atom stereocenters. The summed E-state index contributed by atoms with van der Waals surface area (Å²) in [4.78, 5) is 22.7. The minimum Gasteiger partial charge on any atom is -0.326 e. The molecule has 5 nitrogen and oxygen atoms in total. The number of para-hydroxylation sites is 1. The lowest BCUT2D eigenvalue weighted by Crippen LogP contribution is -2.22. The van der Waals surface area contributed by atoms with E-state index in [4.69, 9.17) is 0 Å². The normalized spacial score (nSPS) is 10.8. The van der Waals surface area contributed by atoms with Crippen LogP contribution >= 0.6 is 23.1 Å². The average Bonchev–Trinajstić information content (AvgIpc) is 3.22. The van der Waals surface area contributed by atoms with E-state index in [-0.39, 0.29) is 5.91 Å². The zero-order valence-electron chi connectivity index (χ0n) is 13.5. The number of imidazole rings is 1. The first-order valence-corrected chi connectivity index (χ1v) is 9.49. The van der Waals surface area contributed by atoms with Crippen LogP contribution in [0.5, 0.6) is 0 Å². The molecule has 3 rings (SSSR count). The quantitative estimate of drug-likeness (QED) is 0.615. The summed E-state index contributed by atoms with van der Waals surface area (Å²) >= 11 is 3.13. The molecule has 124 valence electrons. The van der Waals surface area contributed by atoms with Crippen molar-refractivity contribution in [3.63, 3.8) is 0 Å². The molecule has 0 atom stereocenters. The highest BCUT2D eigenvalue weighted by atomic mass is 32.2. The van der Waals surface area contributed by atoms with Gasteiger partial charge in [0.2, 0.25) is 5.91 Å². The molecule has 0 bridgehead atoms. The fourth-order valence-electron chi connectivity index (χ4n) is 2.28. The van der Waals surface area contributed by atoms with Crippen molar-refractivity contribution in [2.75, 3.05) is 4.90 Å². The largest absolute Gasteiger partial charge is 0.326 e. The number of aryl methyl sites for hydroxylation is 1. The van der Waals surface area contributed by atoms with E-state index in [0.717, 1.165) is 28.8 Å². The first kappa shape index (κ1) is 16.7. The van der Waals surface area contributed by atoms with Crippen LogP contribution in [0.25, 0.3) is 0 Å². The number of rotatable bonds is 6. The highest BCUT2D eigenvalue weighted by molar-refractivity contribution is 7.98. The number of nitrogens with zero attached hydrogens (tertiary/aromatic N) is 4. The fourth-order valence-corrected chi connectivity index (χ4v) is 4.19. The monoisotopic (exact) mass is 358 g/mol. The van der Waals surface area contributed by atoms with E-state index >= 15 is 0 Å². The Morgan fingerprint density at radius 3 is 2.83 bits per heavy atom. The van der Waals surface area contributed by atoms with Crippen LogP contribution in [0.15, 0.2) is 53.3 Å². The first-order chi connectivity index (χ1) is 11.7. The van der Waals surface area contributed by atoms with Crippen LogP contribution in [0.4, 0.5) is 10.8 Å². The van der Waals surface area contributed by atoms with Gasteiger partial charge in [-0.2, -0.15) is 0 Å². The van der Waals surface area contributed by atoms with Gasteiger partial charge in [0.25, 0.3) is 0 Å². The highest BCUT2D eigenvalue weighted by Gasteiger charge is 2.17. The second-order valence-corrected chi connectivity index (χ2v) is 6.87. The van der Waals surface area contributed by atoms with Crippen molar-refractivity contribution in [1.82, 2.24) is 14.5 Å². The maximum atomic E-state index is 12.1. The molecule has 0 saturated heterocycles. The molecular weight excluding hydrogens is 340 g/mol. The van der Waals surface area contributed by atoms with E-state index in [9.17, 15) is 4.79 Å². The molecule has 1 aromatic carbocycles. The number of amides is 1. The molecule has 7 heteroatoms. The minimum atomic E-state index is -0.0451. The molecule has 24 heavy (non-hydrogen) atoms. The van der Waals surface area contributed by atoms with E-state index in [1.807, 2.05) is 48.1 Å². The zero-order valence-corrected chi connectivity index (χ0v) is 15.2. The number of aromatic nitrogens is 3. The predicted molar refractivity (Wildman–Crippen MR) is 98.8 cm³/mol. The maximum Gasteiger partial charge on any atom is 0.230 e. The Labute approximate surface area is 149 Å². The summed E-state index contributed by atoms with van der Waals surface area (Å²) in [7, 11) is 0. The number of anilines is 2. The Bertz CT molecular complexity index is 813. The Kier molecular flexibility index (Phi) is 5.32. The molecule has 2 aromatic heterocycles. The second kappa shape index (κ2) is 7.63. The summed E-state index contributed by atoms with van der Waals surface area (Å²) in [6.45, 7) is 4.55. The van der Waals surface area contributed by atoms with E-state index in [1.165, 1.54) is 11.3 Å². The van der Waals surface area contributed by atoms with E-state index < -0.39 is 0 Å². The van der Waals surface area contributed by atoms with Gasteiger partial charge in [-0.15, -0.1) is 11.3 Å². The van der Waals surface area contributed by atoms with E-state index in [2.05, 4.69) is 21.5 Å². The summed E-state index contributed by atoms with van der Waals surface area (Å²) in [6, 6.07) is 9.59. The van der Waals surface area contributed by atoms with Crippen LogP contribution < -0.4 is 4.90 Å². The number of carbonyl (C=O) groups is 1. The molecular formula is C17H18N4OS2. The smallest absolute Gasteiger partial charge is 0.230 e. The molecule has 1 amide bonds. The van der Waals surface area contributed by atoms with Gasteiger partial charge in [-0.05, 0) is 19.1 Å². The van der Waals surface area contributed by atoms with Crippen molar-refractivity contribution in [2.45, 2.75) is 31.3 Å². The summed E-state index contributed by atoms with van der Waals surface area (Å²) < 4.78 is 2.10. The highest BCUT2D eigenvalue weighted by Crippen LogP contribution is 2.30. The van der Waals surface area contributed by atoms with Crippen molar-refractivity contribution >= 4 is 39.8 Å². The van der Waals surface area contributed by atoms with Gasteiger partial charge in [0.1, 0.15) is 0 Å². The Hall–Kier alpha value is -2.12. The van der Waals surface area contributed by atoms with Crippen molar-refractivity contribution in [2.24, 2.45) is 0 Å². The van der Waals surface area contributed by atoms with Gasteiger partial charge in [-0.25, -0.2) is 9.97 Å². The minimum absolute atomic E-state index is 0.0451. The second-order valence-electron chi connectivity index (χ2n) is 5.10. The molecule has 0 aliphatic carbocycles. The van der Waals surface area contributed by atoms with Gasteiger partial charge in [0.05, 0.1) is 11.4 Å². The fraction of sp³-hybridized carbons (Fsp3) is 0.235. The Morgan fingerprint density at radius 1 is 1.33 bits per heavy atom. The van der Waals surface area contributed by atoms with Gasteiger partial charge in [0, 0.05) is 37.0 Å². The number of benzene rings is 1. The number of carbonyl (C=O) groups excluding carboxylic acids is 1. The van der Waals surface area contributed by atoms with Gasteiger partial charge < -0.3 is 4.57 Å². The molecule has 0 saturated carbocycles. The number of thiazole rings is 1. The molecule has 0 radical (unpaired) electrons. The van der Waals surface area contributed by atoms with Gasteiger partial charge in [-0.3, -0.25) is 9.69 Å². The molecule has 0 spiro atoms. The van der Waals surface area contributed by atoms with Crippen LogP contribution in [-0.4, -0.2) is 20.4 Å². The van der Waals surface area contributed by atoms with E-state index in [0.29, 0.717) is 5.13 Å². The molecule has 0 aliphatic rings. The topological polar surface area (TPSA) is 51.0 Å². The summed E-state index contributed by atoms with van der Waals surface area (Å²) in [5, 5.41) is 3.68. The average molecular weight is 358 g/mol. The first-order valence-electron chi connectivity index (χ1n) is 7.63. The lowest BCUT2D eigenvalue weighted by molar-refractivity contribution is -0.115. The maximum absolute atomic E-state index is 12.1. The Morgan fingerprint density at radius 2 is 2.12 bits per heavy atom. The zero-order chi connectivity index (χ0) is 16.9. The van der Waals surface area contributed by atoms with Crippen LogP contribution in [0.1, 0.15) is 19.5 Å². The lowest BCUT2D eigenvalue weighted by Gasteiger charge is -2.17. The Balaban J connectivity index is 1.75. The molecule has 0 fully saturated rings. The van der Waals surface area contributed by atoms with Crippen molar-refractivity contribution in [3.05, 3.63) is 53.8 Å². The van der Waals surface area contributed by atoms with Crippen molar-refractivity contribution in [3.8, 4) is 0 Å². The lowest BCUT2D eigenvalue weighted by atomic mass is 10.3. The third-order valence-electron chi connectivity index (χ3n) is 3.43. The standard InChI is InChI=1S/C17H18N4OS2/c1-3-20-10-9-18-16(20)23-11-14-12-24-17(19-14)21(13(2)22)15-7-5-4-6-8-15/h4-10,12H,3,11H2,1-2H3. The molecule has 2 heterocycles. The number of thioether (sulfide) groups is 1. The number of hydrogen-bond donors (Lipinski definition) is 0. The third kappa shape index (κ3) is 3.68. The van der Waals surface area contributed by atoms with Gasteiger partial charge in [0.15, 0.2) is 10.3 Å². The van der Waals surface area contributed by atoms with Gasteiger partial charge >= 0.3 is 0 Å². The molecule has 3 aromatic rings. The summed E-state index contributed by atoms with van der Waals surface area (Å²) in [5.41, 5.74) is 1.79. The van der Waals surface area contributed by atoms with Crippen LogP contribution in [0.2, 0.25) is 0 Å². The number of hydrogen-bond acceptors (Lipinski definition) is 5. The van der Waals surface area contributed by atoms with Crippen molar-refractivity contribution in [1.29, 1.82) is 0 Å². The molecule has 0 N–H and O–H groups in total. The SMILES string of the molecule is CCn1ccnc1SCc1csc(N(C(C)=O)c2ccccc2)n1. The molecule has 0 aliphatic heterocycles. The van der Waals surface area contributed by atoms with Crippen LogP contribution in [0.3, 0.4) is 0 Å². The third-order valence-corrected chi connectivity index (χ3v) is 5.34. The predicted octanol–water partition coefficient (Wildman–Crippen LogP) is 4.34. The summed E-state index contributed by atoms with van der Waals surface area (Å²) in [5.74, 6) is 0.685. The van der Waals surface area contributed by atoms with Crippen LogP contribution in [-0.2, 0) is 17.1 Å². The van der Waals surface area contributed by atoms with Crippen LogP contribution in [0, 0.1) is 0 Å². The summed E-state index contributed by atoms with van der Waals surface area (Å²) in [6.07, 6.45) is 3.78. The van der Waals surface area contributed by atoms with Crippen molar-refractivity contribution < 1.29 is 4.79 Å². The van der Waals surface area contributed by atoms with E-state index in [1.54, 1.807) is 23.6 Å².